The summed E-state index contributed by atoms with van der Waals surface area (Å²) in [5.74, 6) is 1.28. The molecule has 0 aromatic heterocycles. The molecule has 0 aromatic rings. The lowest BCUT2D eigenvalue weighted by Crippen LogP contribution is -2.23. The molecule has 0 amide bonds. The zero-order valence-corrected chi connectivity index (χ0v) is 13.5. The number of carbonyl (C=O) groups excluding carboxylic acids is 1. The summed E-state index contributed by atoms with van der Waals surface area (Å²) in [6, 6.07) is 0. The molecule has 2 atom stereocenters. The van der Waals surface area contributed by atoms with Crippen LogP contribution < -0.4 is 0 Å². The van der Waals surface area contributed by atoms with Crippen molar-refractivity contribution in [2.45, 2.75) is 38.2 Å². The highest BCUT2D eigenvalue weighted by atomic mass is 16.5. The maximum Gasteiger partial charge on any atom is 0.138 e. The highest BCUT2D eigenvalue weighted by molar-refractivity contribution is 5.81. The topological polar surface area (TPSA) is 44.8 Å². The van der Waals surface area contributed by atoms with Crippen LogP contribution in [0.3, 0.4) is 0 Å². The summed E-state index contributed by atoms with van der Waals surface area (Å²) in [5.41, 5.74) is 1.17. The van der Waals surface area contributed by atoms with Crippen molar-refractivity contribution in [2.75, 3.05) is 27.4 Å². The maximum atomic E-state index is 11.7. The summed E-state index contributed by atoms with van der Waals surface area (Å²) in [5, 5.41) is 0. The van der Waals surface area contributed by atoms with Gasteiger partial charge in [-0.05, 0) is 37.0 Å². The molecule has 2 unspecified atom stereocenters. The number of allylic oxidation sites excluding steroid dienone is 3. The molecule has 22 heavy (non-hydrogen) atoms. The number of ketones is 1. The first-order valence-corrected chi connectivity index (χ1v) is 8.00. The zero-order chi connectivity index (χ0) is 15.8. The third-order valence-corrected chi connectivity index (χ3v) is 4.25. The average Bonchev–Trinajstić information content (AvgIpc) is 2.74. The third-order valence-electron chi connectivity index (χ3n) is 4.25. The highest BCUT2D eigenvalue weighted by Crippen LogP contribution is 2.21. The van der Waals surface area contributed by atoms with Crippen LogP contribution in [0.2, 0.25) is 0 Å². The van der Waals surface area contributed by atoms with Gasteiger partial charge in [0.1, 0.15) is 17.6 Å². The second-order valence-corrected chi connectivity index (χ2v) is 5.76. The van der Waals surface area contributed by atoms with Gasteiger partial charge >= 0.3 is 0 Å². The fourth-order valence-electron chi connectivity index (χ4n) is 2.84. The van der Waals surface area contributed by atoms with Crippen molar-refractivity contribution in [2.24, 2.45) is 5.92 Å². The molecule has 0 spiro atoms. The Hall–Kier alpha value is -1.39. The van der Waals surface area contributed by atoms with Gasteiger partial charge in [-0.2, -0.15) is 0 Å². The van der Waals surface area contributed by atoms with Gasteiger partial charge in [0.25, 0.3) is 0 Å². The number of carbonyl (C=O) groups is 1. The van der Waals surface area contributed by atoms with Crippen LogP contribution in [0.15, 0.2) is 35.6 Å². The van der Waals surface area contributed by atoms with Crippen LogP contribution >= 0.6 is 0 Å². The Morgan fingerprint density at radius 1 is 1.23 bits per heavy atom. The maximum absolute atomic E-state index is 11.7. The second kappa shape index (κ2) is 8.91. The molecule has 1 saturated carbocycles. The minimum atomic E-state index is -0.139. The SMILES string of the molecule is COC1=CC=C(CCOCC2CCCCC2=O)C=CC1OC. The van der Waals surface area contributed by atoms with Crippen LogP contribution in [-0.4, -0.2) is 39.3 Å². The van der Waals surface area contributed by atoms with Gasteiger partial charge in [0.15, 0.2) is 0 Å². The molecule has 0 radical (unpaired) electrons. The van der Waals surface area contributed by atoms with E-state index < -0.39 is 0 Å². The third kappa shape index (κ3) is 4.82. The van der Waals surface area contributed by atoms with Crippen LogP contribution in [0.1, 0.15) is 32.1 Å². The van der Waals surface area contributed by atoms with Crippen LogP contribution in [0.5, 0.6) is 0 Å². The van der Waals surface area contributed by atoms with Gasteiger partial charge in [-0.1, -0.05) is 18.6 Å². The van der Waals surface area contributed by atoms with Gasteiger partial charge in [-0.15, -0.1) is 0 Å². The Morgan fingerprint density at radius 2 is 2.09 bits per heavy atom. The van der Waals surface area contributed by atoms with Gasteiger partial charge in [0.05, 0.1) is 20.3 Å². The Morgan fingerprint density at radius 3 is 2.82 bits per heavy atom. The molecule has 1 fully saturated rings. The molecule has 4 nitrogen and oxygen atoms in total. The molecule has 4 heteroatoms. The van der Waals surface area contributed by atoms with Gasteiger partial charge < -0.3 is 14.2 Å². The first kappa shape index (κ1) is 17.0. The van der Waals surface area contributed by atoms with Crippen LogP contribution in [0, 0.1) is 5.92 Å². The van der Waals surface area contributed by atoms with Crippen molar-refractivity contribution < 1.29 is 19.0 Å². The van der Waals surface area contributed by atoms with E-state index in [0.717, 1.165) is 37.9 Å². The van der Waals surface area contributed by atoms with Gasteiger partial charge in [0.2, 0.25) is 0 Å². The number of ether oxygens (including phenoxy) is 3. The van der Waals surface area contributed by atoms with Crippen LogP contribution in [0.25, 0.3) is 0 Å². The summed E-state index contributed by atoms with van der Waals surface area (Å²) in [4.78, 5) is 11.7. The fourth-order valence-corrected chi connectivity index (χ4v) is 2.84. The van der Waals surface area contributed by atoms with Crippen molar-refractivity contribution in [3.05, 3.63) is 35.6 Å². The second-order valence-electron chi connectivity index (χ2n) is 5.76. The van der Waals surface area contributed by atoms with E-state index in [-0.39, 0.29) is 12.0 Å². The van der Waals surface area contributed by atoms with E-state index in [1.54, 1.807) is 14.2 Å². The van der Waals surface area contributed by atoms with E-state index in [2.05, 4.69) is 0 Å². The number of Topliss-reactive ketones (excluding diaryl/α,β-unsaturated/α-hetero) is 1. The monoisotopic (exact) mass is 306 g/mol. The summed E-state index contributed by atoms with van der Waals surface area (Å²) in [7, 11) is 3.31. The quantitative estimate of drug-likeness (QED) is 0.678. The predicted octanol–water partition coefficient (Wildman–Crippen LogP) is 3.19. The molecule has 0 heterocycles. The van der Waals surface area contributed by atoms with Crippen molar-refractivity contribution in [1.82, 2.24) is 0 Å². The lowest BCUT2D eigenvalue weighted by Gasteiger charge is -2.20. The first-order chi connectivity index (χ1) is 10.7. The standard InChI is InChI=1S/C18H26O4/c1-20-17-9-7-14(8-10-18(17)21-2)11-12-22-13-15-5-3-4-6-16(15)19/h7-10,15,17H,3-6,11-13H2,1-2H3. The lowest BCUT2D eigenvalue weighted by molar-refractivity contribution is -0.126. The fraction of sp³-hybridized carbons (Fsp3) is 0.611. The van der Waals surface area contributed by atoms with E-state index in [4.69, 9.17) is 14.2 Å². The molecule has 0 aliphatic heterocycles. The molecule has 122 valence electrons. The molecule has 2 aliphatic rings. The average molecular weight is 306 g/mol. The predicted molar refractivity (Wildman–Crippen MR) is 85.5 cm³/mol. The number of rotatable bonds is 7. The van der Waals surface area contributed by atoms with E-state index in [1.807, 2.05) is 24.3 Å². The molecule has 0 saturated heterocycles. The summed E-state index contributed by atoms with van der Waals surface area (Å²) in [6.07, 6.45) is 12.6. The zero-order valence-electron chi connectivity index (χ0n) is 13.5. The van der Waals surface area contributed by atoms with Crippen molar-refractivity contribution in [3.8, 4) is 0 Å². The van der Waals surface area contributed by atoms with Gasteiger partial charge in [-0.25, -0.2) is 0 Å². The van der Waals surface area contributed by atoms with Gasteiger partial charge in [0, 0.05) is 19.4 Å². The van der Waals surface area contributed by atoms with Gasteiger partial charge in [-0.3, -0.25) is 4.79 Å². The van der Waals surface area contributed by atoms with Crippen molar-refractivity contribution >= 4 is 5.78 Å². The normalized spacial score (nSPS) is 25.5. The summed E-state index contributed by atoms with van der Waals surface area (Å²) < 4.78 is 16.4. The minimum Gasteiger partial charge on any atom is -0.498 e. The molecule has 2 aliphatic carbocycles. The lowest BCUT2D eigenvalue weighted by atomic mass is 9.89. The summed E-state index contributed by atoms with van der Waals surface area (Å²) >= 11 is 0. The Kier molecular flexibility index (Phi) is 6.87. The Bertz CT molecular complexity index is 462. The van der Waals surface area contributed by atoms with Crippen LogP contribution in [0.4, 0.5) is 0 Å². The minimum absolute atomic E-state index is 0.116. The van der Waals surface area contributed by atoms with Crippen molar-refractivity contribution in [3.63, 3.8) is 0 Å². The van der Waals surface area contributed by atoms with E-state index in [1.165, 1.54) is 5.57 Å². The van der Waals surface area contributed by atoms with Crippen molar-refractivity contribution in [1.29, 1.82) is 0 Å². The van der Waals surface area contributed by atoms with E-state index in [0.29, 0.717) is 19.0 Å². The molecule has 0 bridgehead atoms. The van der Waals surface area contributed by atoms with Crippen LogP contribution in [-0.2, 0) is 19.0 Å². The molecular weight excluding hydrogens is 280 g/mol. The summed E-state index contributed by atoms with van der Waals surface area (Å²) in [6.45, 7) is 1.20. The molecular formula is C18H26O4. The molecule has 0 N–H and O–H groups in total. The number of methoxy groups -OCH3 is 2. The number of hydrogen-bond donors (Lipinski definition) is 0. The number of hydrogen-bond acceptors (Lipinski definition) is 4. The van der Waals surface area contributed by atoms with E-state index in [9.17, 15) is 4.79 Å². The Labute approximate surface area is 132 Å². The molecule has 2 rings (SSSR count). The van der Waals surface area contributed by atoms with E-state index >= 15 is 0 Å². The largest absolute Gasteiger partial charge is 0.498 e. The molecule has 0 aromatic carbocycles. The smallest absolute Gasteiger partial charge is 0.138 e. The highest BCUT2D eigenvalue weighted by Gasteiger charge is 2.22. The Balaban J connectivity index is 1.76. The first-order valence-electron chi connectivity index (χ1n) is 8.00.